The number of carboxylic acid groups (broad SMARTS) is 1. The Morgan fingerprint density at radius 1 is 1.25 bits per heavy atom. The zero-order chi connectivity index (χ0) is 32.0. The van der Waals surface area contributed by atoms with Crippen molar-refractivity contribution in [3.05, 3.63) is 52.3 Å². The molecule has 3 aromatic rings. The molecule has 1 aliphatic heterocycles. The van der Waals surface area contributed by atoms with Crippen LogP contribution in [0.25, 0.3) is 11.4 Å². The van der Waals surface area contributed by atoms with Crippen molar-refractivity contribution in [1.82, 2.24) is 20.0 Å². The summed E-state index contributed by atoms with van der Waals surface area (Å²) in [5, 5.41) is 27.1. The maximum absolute atomic E-state index is 13.9. The first-order chi connectivity index (χ1) is 20.9. The van der Waals surface area contributed by atoms with Crippen LogP contribution in [-0.2, 0) is 33.7 Å². The fourth-order valence-electron chi connectivity index (χ4n) is 5.08. The number of carbonyl (C=O) groups is 2. The zero-order valence-corrected chi connectivity index (χ0v) is 24.1. The highest BCUT2D eigenvalue weighted by atomic mass is 19.4. The quantitative estimate of drug-likeness (QED) is 0.300. The summed E-state index contributed by atoms with van der Waals surface area (Å²) in [5.41, 5.74) is 3.80. The lowest BCUT2D eigenvalue weighted by Gasteiger charge is -2.20. The molecule has 2 aromatic heterocycles. The van der Waals surface area contributed by atoms with E-state index >= 15 is 0 Å². The largest absolute Gasteiger partial charge is 0.490 e. The molecule has 2 unspecified atom stereocenters. The van der Waals surface area contributed by atoms with E-state index in [1.54, 1.807) is 26.0 Å². The van der Waals surface area contributed by atoms with E-state index in [0.717, 1.165) is 56.4 Å². The van der Waals surface area contributed by atoms with Crippen molar-refractivity contribution in [3.8, 4) is 17.5 Å². The van der Waals surface area contributed by atoms with Gasteiger partial charge < -0.3 is 24.3 Å². The van der Waals surface area contributed by atoms with Crippen molar-refractivity contribution < 1.29 is 41.5 Å². The number of carbonyl (C=O) groups excluding carboxylic acids is 1. The number of nitriles is 1. The Hall–Kier alpha value is -4.29. The summed E-state index contributed by atoms with van der Waals surface area (Å²) >= 11 is 0. The molecule has 1 amide bonds. The number of benzene rings is 1. The lowest BCUT2D eigenvalue weighted by Crippen LogP contribution is -2.31. The van der Waals surface area contributed by atoms with Crippen LogP contribution in [0.5, 0.6) is 0 Å². The molecule has 2 aliphatic rings. The third-order valence-corrected chi connectivity index (χ3v) is 7.41. The molecule has 3 N–H and O–H groups in total. The van der Waals surface area contributed by atoms with Crippen molar-refractivity contribution in [2.24, 2.45) is 0 Å². The SMILES string of the molecule is Cc1ccc(-c2noc(C(C)NCC(=O)Nc3c(C#N)c4c(n3CC3CCCO3)CCCC4)n2)cc1F.O=C(O)C(F)(F)F. The Bertz CT molecular complexity index is 1540. The number of aryl methyl sites for hydroxylation is 1. The molecule has 1 fully saturated rings. The van der Waals surface area contributed by atoms with Crippen LogP contribution in [0.2, 0.25) is 0 Å². The number of rotatable bonds is 8. The minimum absolute atomic E-state index is 0.0152. The number of ether oxygens (including phenoxy) is 1. The molecule has 2 atom stereocenters. The van der Waals surface area contributed by atoms with Gasteiger partial charge in [0.1, 0.15) is 17.7 Å². The first kappa shape index (κ1) is 32.6. The molecular formula is C29H32F4N6O5. The topological polar surface area (TPSA) is 155 Å². The lowest BCUT2D eigenvalue weighted by atomic mass is 9.95. The van der Waals surface area contributed by atoms with Crippen LogP contribution in [0.3, 0.4) is 0 Å². The van der Waals surface area contributed by atoms with Gasteiger partial charge in [0.2, 0.25) is 17.6 Å². The summed E-state index contributed by atoms with van der Waals surface area (Å²) in [6.07, 6.45) is 0.862. The molecule has 5 rings (SSSR count). The molecule has 0 spiro atoms. The second-order valence-electron chi connectivity index (χ2n) is 10.6. The molecule has 0 bridgehead atoms. The molecule has 0 radical (unpaired) electrons. The van der Waals surface area contributed by atoms with Gasteiger partial charge in [-0.05, 0) is 69.6 Å². The number of amides is 1. The van der Waals surface area contributed by atoms with Crippen molar-refractivity contribution in [1.29, 1.82) is 5.26 Å². The monoisotopic (exact) mass is 620 g/mol. The molecular weight excluding hydrogens is 588 g/mol. The number of fused-ring (bicyclic) bond motifs is 1. The van der Waals surface area contributed by atoms with Crippen LogP contribution in [0.15, 0.2) is 22.7 Å². The van der Waals surface area contributed by atoms with Gasteiger partial charge >= 0.3 is 12.1 Å². The van der Waals surface area contributed by atoms with Crippen LogP contribution in [0, 0.1) is 24.1 Å². The van der Waals surface area contributed by atoms with Crippen molar-refractivity contribution >= 4 is 17.7 Å². The molecule has 44 heavy (non-hydrogen) atoms. The van der Waals surface area contributed by atoms with E-state index in [4.69, 9.17) is 19.2 Å². The molecule has 1 aliphatic carbocycles. The zero-order valence-electron chi connectivity index (χ0n) is 24.1. The van der Waals surface area contributed by atoms with Gasteiger partial charge in [-0.25, -0.2) is 9.18 Å². The fourth-order valence-corrected chi connectivity index (χ4v) is 5.08. The predicted molar refractivity (Wildman–Crippen MR) is 148 cm³/mol. The van der Waals surface area contributed by atoms with Crippen molar-refractivity contribution in [3.63, 3.8) is 0 Å². The van der Waals surface area contributed by atoms with Crippen molar-refractivity contribution in [2.75, 3.05) is 18.5 Å². The number of aliphatic carboxylic acids is 1. The molecule has 236 valence electrons. The Labute approximate surface area is 250 Å². The minimum atomic E-state index is -5.08. The maximum Gasteiger partial charge on any atom is 0.490 e. The standard InChI is InChI=1S/C27H31FN6O3.C2HF3O2/c1-16-9-10-18(12-22(16)28)25-32-27(37-33-25)17(2)30-14-24(35)31-26-21(13-29)20-7-3-4-8-23(20)34(26)15-19-6-5-11-36-19;3-2(4,5)1(6)7/h9-10,12,17,19,30H,3-8,11,14-15H2,1-2H3,(H,31,35);(H,6,7). The molecule has 0 saturated carbocycles. The average molecular weight is 621 g/mol. The number of aromatic nitrogens is 3. The van der Waals surface area contributed by atoms with Gasteiger partial charge in [0.15, 0.2) is 0 Å². The van der Waals surface area contributed by atoms with Gasteiger partial charge in [-0.1, -0.05) is 17.3 Å². The molecule has 11 nitrogen and oxygen atoms in total. The van der Waals surface area contributed by atoms with Crippen LogP contribution in [0.4, 0.5) is 23.4 Å². The summed E-state index contributed by atoms with van der Waals surface area (Å²) < 4.78 is 58.9. The highest BCUT2D eigenvalue weighted by Gasteiger charge is 2.38. The first-order valence-corrected chi connectivity index (χ1v) is 14.1. The average Bonchev–Trinajstić information content (AvgIpc) is 3.74. The Morgan fingerprint density at radius 2 is 1.98 bits per heavy atom. The minimum Gasteiger partial charge on any atom is -0.475 e. The van der Waals surface area contributed by atoms with E-state index < -0.39 is 18.2 Å². The first-order valence-electron chi connectivity index (χ1n) is 14.1. The molecule has 3 heterocycles. The molecule has 1 saturated heterocycles. The van der Waals surface area contributed by atoms with E-state index in [0.29, 0.717) is 34.9 Å². The van der Waals surface area contributed by atoms with E-state index in [9.17, 15) is 27.6 Å². The molecule has 1 aromatic carbocycles. The number of hydrogen-bond acceptors (Lipinski definition) is 8. The van der Waals surface area contributed by atoms with E-state index in [2.05, 4.69) is 31.4 Å². The Morgan fingerprint density at radius 3 is 2.61 bits per heavy atom. The van der Waals surface area contributed by atoms with E-state index in [1.165, 1.54) is 6.07 Å². The summed E-state index contributed by atoms with van der Waals surface area (Å²) in [7, 11) is 0. The third kappa shape index (κ3) is 7.80. The number of anilines is 1. The Kier molecular flexibility index (Phi) is 10.4. The second kappa shape index (κ2) is 14.0. The number of nitrogens with zero attached hydrogens (tertiary/aromatic N) is 4. The van der Waals surface area contributed by atoms with Gasteiger partial charge in [0.05, 0.1) is 30.8 Å². The number of nitrogens with one attached hydrogen (secondary N) is 2. The summed E-state index contributed by atoms with van der Waals surface area (Å²) in [4.78, 5) is 26.2. The number of halogens is 4. The summed E-state index contributed by atoms with van der Waals surface area (Å²) in [5.74, 6) is -2.23. The smallest absolute Gasteiger partial charge is 0.475 e. The van der Waals surface area contributed by atoms with E-state index in [1.807, 2.05) is 0 Å². The predicted octanol–water partition coefficient (Wildman–Crippen LogP) is 4.84. The van der Waals surface area contributed by atoms with Crippen LogP contribution >= 0.6 is 0 Å². The molecule has 15 heteroatoms. The summed E-state index contributed by atoms with van der Waals surface area (Å²) in [6, 6.07) is 6.68. The fraction of sp³-hybridized carbons (Fsp3) is 0.483. The lowest BCUT2D eigenvalue weighted by molar-refractivity contribution is -0.192. The van der Waals surface area contributed by atoms with Crippen molar-refractivity contribution in [2.45, 2.75) is 77.2 Å². The Balaban J connectivity index is 0.000000566. The van der Waals surface area contributed by atoms with E-state index in [-0.39, 0.29) is 30.2 Å². The maximum atomic E-state index is 13.9. The number of alkyl halides is 3. The highest BCUT2D eigenvalue weighted by molar-refractivity contribution is 5.93. The number of carboxylic acids is 1. The third-order valence-electron chi connectivity index (χ3n) is 7.41. The van der Waals surface area contributed by atoms with Crippen LogP contribution in [0.1, 0.15) is 66.9 Å². The second-order valence-corrected chi connectivity index (χ2v) is 10.6. The van der Waals surface area contributed by atoms with Gasteiger partial charge in [0.25, 0.3) is 0 Å². The van der Waals surface area contributed by atoms with Crippen LogP contribution in [-0.4, -0.2) is 57.1 Å². The number of hydrogen-bond donors (Lipinski definition) is 3. The van der Waals surface area contributed by atoms with Gasteiger partial charge in [0, 0.05) is 17.9 Å². The highest BCUT2D eigenvalue weighted by Crippen LogP contribution is 2.34. The summed E-state index contributed by atoms with van der Waals surface area (Å²) in [6.45, 7) is 4.86. The van der Waals surface area contributed by atoms with Gasteiger partial charge in [-0.2, -0.15) is 23.4 Å². The van der Waals surface area contributed by atoms with Crippen LogP contribution < -0.4 is 10.6 Å². The van der Waals surface area contributed by atoms with Gasteiger partial charge in [-0.15, -0.1) is 0 Å². The van der Waals surface area contributed by atoms with Gasteiger partial charge in [-0.3, -0.25) is 10.1 Å². The normalized spacial score (nSPS) is 16.8.